The minimum absolute atomic E-state index is 0.132. The van der Waals surface area contributed by atoms with Crippen LogP contribution < -0.4 is 5.32 Å². The highest BCUT2D eigenvalue weighted by Gasteiger charge is 2.53. The van der Waals surface area contributed by atoms with Crippen molar-refractivity contribution in [3.05, 3.63) is 60.3 Å². The highest BCUT2D eigenvalue weighted by molar-refractivity contribution is 6.00. The maximum atomic E-state index is 15.6. The lowest BCUT2D eigenvalue weighted by Crippen LogP contribution is -2.60. The van der Waals surface area contributed by atoms with E-state index in [2.05, 4.69) is 21.9 Å². The lowest BCUT2D eigenvalue weighted by Gasteiger charge is -2.60. The van der Waals surface area contributed by atoms with E-state index in [1.807, 2.05) is 46.0 Å². The van der Waals surface area contributed by atoms with Crippen molar-refractivity contribution in [2.45, 2.75) is 46.1 Å². The topological polar surface area (TPSA) is 126 Å². The van der Waals surface area contributed by atoms with Crippen molar-refractivity contribution in [1.82, 2.24) is 34.7 Å². The Bertz CT molecular complexity index is 1800. The molecule has 2 aromatic heterocycles. The first-order valence-corrected chi connectivity index (χ1v) is 15.2. The molecule has 1 aliphatic carbocycles. The van der Waals surface area contributed by atoms with Crippen LogP contribution in [0.5, 0.6) is 0 Å². The van der Waals surface area contributed by atoms with Gasteiger partial charge in [-0.1, -0.05) is 32.6 Å². The van der Waals surface area contributed by atoms with Crippen molar-refractivity contribution in [2.24, 2.45) is 12.5 Å². The van der Waals surface area contributed by atoms with Crippen molar-refractivity contribution in [3.63, 3.8) is 0 Å². The van der Waals surface area contributed by atoms with E-state index in [0.717, 1.165) is 48.2 Å². The number of halogens is 1. The lowest BCUT2D eigenvalue weighted by atomic mass is 9.56. The predicted molar refractivity (Wildman–Crippen MR) is 170 cm³/mol. The molecule has 45 heavy (non-hydrogen) atoms. The van der Waals surface area contributed by atoms with E-state index >= 15 is 4.39 Å². The number of nitrogens with zero attached hydrogens (tertiary/aromatic N) is 6. The smallest absolute Gasteiger partial charge is 0.322 e. The molecule has 4 aromatic rings. The van der Waals surface area contributed by atoms with Gasteiger partial charge in [-0.15, -0.1) is 0 Å². The van der Waals surface area contributed by atoms with Crippen LogP contribution in [0.3, 0.4) is 0 Å². The van der Waals surface area contributed by atoms with Crippen LogP contribution in [0.2, 0.25) is 0 Å². The van der Waals surface area contributed by atoms with Crippen molar-refractivity contribution in [2.75, 3.05) is 33.2 Å². The Kier molecular flexibility index (Phi) is 8.68. The molecule has 238 valence electrons. The number of fused-ring (bicyclic) bond motifs is 2. The molecule has 1 aliphatic heterocycles. The lowest BCUT2D eigenvalue weighted by molar-refractivity contribution is -0.139. The number of hydrogen-bond acceptors (Lipinski definition) is 6. The summed E-state index contributed by atoms with van der Waals surface area (Å²) in [6.07, 6.45) is 3.52. The fourth-order valence-electron chi connectivity index (χ4n) is 6.52. The molecule has 3 heterocycles. The maximum absolute atomic E-state index is 15.6. The normalized spacial score (nSPS) is 15.3. The number of carboxylic acids is 1. The van der Waals surface area contributed by atoms with Crippen LogP contribution in [0, 0.1) is 11.2 Å². The fraction of sp³-hybridized carbons (Fsp3) is 0.424. The van der Waals surface area contributed by atoms with Gasteiger partial charge in [-0.05, 0) is 43.5 Å². The van der Waals surface area contributed by atoms with E-state index in [-0.39, 0.29) is 36.1 Å². The molecule has 2 amide bonds. The summed E-state index contributed by atoms with van der Waals surface area (Å²) in [7, 11) is 3.30. The Morgan fingerprint density at radius 2 is 1.87 bits per heavy atom. The van der Waals surface area contributed by atoms with Gasteiger partial charge in [-0.25, -0.2) is 4.39 Å². The summed E-state index contributed by atoms with van der Waals surface area (Å²) in [6, 6.07) is 8.90. The van der Waals surface area contributed by atoms with Gasteiger partial charge in [0.05, 0.1) is 29.5 Å². The summed E-state index contributed by atoms with van der Waals surface area (Å²) in [5.74, 6) is -2.32. The number of likely N-dealkylation sites (N-methyl/N-ethyl adjacent to an activating group) is 1. The summed E-state index contributed by atoms with van der Waals surface area (Å²) < 4.78 is 19.0. The number of likely N-dealkylation sites (tertiary alicyclic amines) is 1. The number of rotatable bonds is 9. The second kappa shape index (κ2) is 12.3. The monoisotopic (exact) mass is 617 g/mol. The molecule has 0 unspecified atom stereocenters. The van der Waals surface area contributed by atoms with E-state index in [0.29, 0.717) is 22.0 Å². The van der Waals surface area contributed by atoms with E-state index in [4.69, 9.17) is 10.2 Å². The zero-order chi connectivity index (χ0) is 32.6. The van der Waals surface area contributed by atoms with Crippen LogP contribution >= 0.6 is 0 Å². The predicted octanol–water partition coefficient (Wildman–Crippen LogP) is 4.13. The van der Waals surface area contributed by atoms with Gasteiger partial charge in [0.15, 0.2) is 0 Å². The van der Waals surface area contributed by atoms with Crippen molar-refractivity contribution < 1.29 is 23.9 Å². The Balaban J connectivity index is 0.00000196. The van der Waals surface area contributed by atoms with Gasteiger partial charge in [0.1, 0.15) is 18.9 Å². The largest absolute Gasteiger partial charge is 0.480 e. The third-order valence-electron chi connectivity index (χ3n) is 8.80. The Morgan fingerprint density at radius 1 is 1.16 bits per heavy atom. The first-order chi connectivity index (χ1) is 21.4. The van der Waals surface area contributed by atoms with Gasteiger partial charge >= 0.3 is 5.97 Å². The molecule has 2 fully saturated rings. The van der Waals surface area contributed by atoms with Gasteiger partial charge in [0.2, 0.25) is 11.8 Å². The van der Waals surface area contributed by atoms with Crippen molar-refractivity contribution >= 4 is 39.6 Å². The van der Waals surface area contributed by atoms with Crippen LogP contribution in [0.4, 0.5) is 4.39 Å². The molecule has 6 rings (SSSR count). The molecule has 11 nitrogen and oxygen atoms in total. The number of carboxylic acid groups (broad SMARTS) is 1. The maximum Gasteiger partial charge on any atom is 0.322 e. The standard InChI is InChI=1S/C31H34FN7O4.C2H6/c1-18(2)38-16-31(17-38)10-20(11-31)30-29-21(22-9-25-19(8-23(22)32)12-34-37(25)4)6-5-7-24(29)39(35-30)15-27(41)36(3)14-26(40)33-13-28(42)43;1-2/h5-9,12,20H,1,10-11,13-17H2,2-4H3,(H,33,40)(H,42,43);1-2H3. The number of allylic oxidation sites excluding steroid dienone is 1. The number of aryl methyl sites for hydroxylation is 1. The number of carbonyl (C=O) groups excluding carboxylic acids is 2. The first-order valence-electron chi connectivity index (χ1n) is 15.2. The summed E-state index contributed by atoms with van der Waals surface area (Å²) in [4.78, 5) is 39.6. The van der Waals surface area contributed by atoms with E-state index < -0.39 is 18.4 Å². The Morgan fingerprint density at radius 3 is 2.53 bits per heavy atom. The van der Waals surface area contributed by atoms with Gasteiger partial charge in [0.25, 0.3) is 0 Å². The molecular formula is C33H40FN7O4. The number of aromatic nitrogens is 4. The molecule has 1 saturated carbocycles. The van der Waals surface area contributed by atoms with E-state index in [1.165, 1.54) is 18.0 Å². The Labute approximate surface area is 261 Å². The minimum Gasteiger partial charge on any atom is -0.480 e. The average molecular weight is 618 g/mol. The minimum atomic E-state index is -1.17. The molecule has 2 aromatic carbocycles. The van der Waals surface area contributed by atoms with Gasteiger partial charge < -0.3 is 20.2 Å². The highest BCUT2D eigenvalue weighted by Crippen LogP contribution is 2.57. The summed E-state index contributed by atoms with van der Waals surface area (Å²) in [5, 5.41) is 21.8. The molecule has 1 spiro atoms. The molecule has 0 atom stereocenters. The third-order valence-corrected chi connectivity index (χ3v) is 8.80. The zero-order valence-corrected chi connectivity index (χ0v) is 26.4. The summed E-state index contributed by atoms with van der Waals surface area (Å²) in [5.41, 5.74) is 4.76. The third kappa shape index (κ3) is 6.01. The quantitative estimate of drug-likeness (QED) is 0.289. The number of aliphatic carboxylic acids is 1. The van der Waals surface area contributed by atoms with Gasteiger partial charge in [-0.2, -0.15) is 10.2 Å². The number of benzene rings is 2. The zero-order valence-electron chi connectivity index (χ0n) is 26.4. The fourth-order valence-corrected chi connectivity index (χ4v) is 6.52. The molecule has 0 radical (unpaired) electrons. The molecule has 2 N–H and O–H groups in total. The second-order valence-electron chi connectivity index (χ2n) is 12.0. The number of nitrogens with one attached hydrogen (secondary N) is 1. The van der Waals surface area contributed by atoms with E-state index in [1.54, 1.807) is 21.6 Å². The van der Waals surface area contributed by atoms with Crippen molar-refractivity contribution in [1.29, 1.82) is 0 Å². The van der Waals surface area contributed by atoms with Crippen LogP contribution in [-0.4, -0.2) is 85.5 Å². The second-order valence-corrected chi connectivity index (χ2v) is 12.0. The van der Waals surface area contributed by atoms with E-state index in [9.17, 15) is 14.4 Å². The first kappa shape index (κ1) is 31.7. The number of carbonyl (C=O) groups is 3. The van der Waals surface area contributed by atoms with Crippen molar-refractivity contribution in [3.8, 4) is 11.1 Å². The molecular weight excluding hydrogens is 577 g/mol. The van der Waals surface area contributed by atoms with Crippen LogP contribution in [-0.2, 0) is 28.0 Å². The molecule has 0 bridgehead atoms. The average Bonchev–Trinajstić information content (AvgIpc) is 3.50. The summed E-state index contributed by atoms with van der Waals surface area (Å²) >= 11 is 0. The van der Waals surface area contributed by atoms with Gasteiger partial charge in [-0.3, -0.25) is 23.7 Å². The Hall–Kier alpha value is -4.74. The van der Waals surface area contributed by atoms with Crippen LogP contribution in [0.15, 0.2) is 48.8 Å². The van der Waals surface area contributed by atoms with Crippen LogP contribution in [0.25, 0.3) is 32.9 Å². The SMILES string of the molecule is C=C(C)N1CC2(CC(c3nn(CC(=O)N(C)CC(=O)NCC(=O)O)c4cccc(-c5cc6c(cnn6C)cc5F)c34)C2)C1.CC. The van der Waals surface area contributed by atoms with Crippen LogP contribution in [0.1, 0.15) is 45.2 Å². The molecule has 12 heteroatoms. The number of amides is 2. The molecule has 2 aliphatic rings. The highest BCUT2D eigenvalue weighted by atomic mass is 19.1. The molecule has 1 saturated heterocycles. The number of hydrogen-bond donors (Lipinski definition) is 2. The summed E-state index contributed by atoms with van der Waals surface area (Å²) in [6.45, 7) is 11.1. The van der Waals surface area contributed by atoms with Gasteiger partial charge in [0, 0.05) is 60.6 Å².